The number of carbonyl (C=O) groups is 1. The van der Waals surface area contributed by atoms with E-state index in [1.807, 2.05) is 12.1 Å². The lowest BCUT2D eigenvalue weighted by Crippen LogP contribution is -2.35. The molecule has 1 heterocycles. The van der Waals surface area contributed by atoms with Crippen molar-refractivity contribution in [2.75, 3.05) is 13.8 Å². The van der Waals surface area contributed by atoms with Gasteiger partial charge in [0.05, 0.1) is 0 Å². The second kappa shape index (κ2) is 5.16. The molecule has 0 aliphatic carbocycles. The Morgan fingerprint density at radius 3 is 2.72 bits per heavy atom. The normalized spacial score (nSPS) is 14.9. The molecule has 6 heteroatoms. The van der Waals surface area contributed by atoms with Crippen LogP contribution in [0.4, 0.5) is 0 Å². The minimum atomic E-state index is -0.839. The highest BCUT2D eigenvalue weighted by Crippen LogP contribution is 2.37. The SMILES string of the molecule is CC(C(=O)O)N(C)Cc1cc2c(cc1Br)OCO2. The molecule has 1 aromatic carbocycles. The molecule has 18 heavy (non-hydrogen) atoms. The molecule has 0 amide bonds. The van der Waals surface area contributed by atoms with Gasteiger partial charge < -0.3 is 14.6 Å². The summed E-state index contributed by atoms with van der Waals surface area (Å²) < 4.78 is 11.5. The van der Waals surface area contributed by atoms with Gasteiger partial charge >= 0.3 is 5.97 Å². The van der Waals surface area contributed by atoms with Gasteiger partial charge in [-0.1, -0.05) is 15.9 Å². The molecule has 2 rings (SSSR count). The number of halogens is 1. The molecule has 0 saturated carbocycles. The number of fused-ring (bicyclic) bond motifs is 1. The molecule has 98 valence electrons. The fourth-order valence-corrected chi connectivity index (χ4v) is 2.12. The van der Waals surface area contributed by atoms with E-state index in [1.54, 1.807) is 18.9 Å². The fraction of sp³-hybridized carbons (Fsp3) is 0.417. The number of ether oxygens (including phenoxy) is 2. The number of likely N-dealkylation sites (N-methyl/N-ethyl adjacent to an activating group) is 1. The van der Waals surface area contributed by atoms with Gasteiger partial charge in [-0.25, -0.2) is 0 Å². The Labute approximate surface area is 113 Å². The van der Waals surface area contributed by atoms with Crippen LogP contribution >= 0.6 is 15.9 Å². The highest BCUT2D eigenvalue weighted by Gasteiger charge is 2.20. The smallest absolute Gasteiger partial charge is 0.320 e. The zero-order valence-electron chi connectivity index (χ0n) is 10.1. The maximum Gasteiger partial charge on any atom is 0.320 e. The summed E-state index contributed by atoms with van der Waals surface area (Å²) in [5.74, 6) is 0.568. The molecule has 5 nitrogen and oxygen atoms in total. The summed E-state index contributed by atoms with van der Waals surface area (Å²) >= 11 is 3.45. The summed E-state index contributed by atoms with van der Waals surface area (Å²) in [5, 5.41) is 8.96. The van der Waals surface area contributed by atoms with E-state index in [2.05, 4.69) is 15.9 Å². The zero-order chi connectivity index (χ0) is 13.3. The zero-order valence-corrected chi connectivity index (χ0v) is 11.7. The third kappa shape index (κ3) is 2.59. The molecule has 0 aromatic heterocycles. The van der Waals surface area contributed by atoms with E-state index in [0.29, 0.717) is 18.0 Å². The Kier molecular flexibility index (Phi) is 3.77. The van der Waals surface area contributed by atoms with Crippen LogP contribution < -0.4 is 9.47 Å². The third-order valence-electron chi connectivity index (χ3n) is 2.98. The second-order valence-electron chi connectivity index (χ2n) is 4.23. The average molecular weight is 316 g/mol. The molecule has 1 aromatic rings. The first-order valence-electron chi connectivity index (χ1n) is 5.50. The number of carboxylic acids is 1. The second-order valence-corrected chi connectivity index (χ2v) is 5.08. The van der Waals surface area contributed by atoms with E-state index in [9.17, 15) is 4.79 Å². The van der Waals surface area contributed by atoms with Crippen molar-refractivity contribution in [2.24, 2.45) is 0 Å². The summed E-state index contributed by atoms with van der Waals surface area (Å²) in [6.07, 6.45) is 0. The number of hydrogen-bond acceptors (Lipinski definition) is 4. The summed E-state index contributed by atoms with van der Waals surface area (Å²) in [6.45, 7) is 2.40. The number of aliphatic carboxylic acids is 1. The molecular weight excluding hydrogens is 302 g/mol. The van der Waals surface area contributed by atoms with Crippen LogP contribution in [0.15, 0.2) is 16.6 Å². The molecule has 1 unspecified atom stereocenters. The standard InChI is InChI=1S/C12H14BrNO4/c1-7(12(15)16)14(2)5-8-3-10-11(4-9(8)13)18-6-17-10/h3-4,7H,5-6H2,1-2H3,(H,15,16). The van der Waals surface area contributed by atoms with Crippen LogP contribution in [0.1, 0.15) is 12.5 Å². The van der Waals surface area contributed by atoms with Crippen LogP contribution in [0.25, 0.3) is 0 Å². The highest BCUT2D eigenvalue weighted by molar-refractivity contribution is 9.10. The number of carboxylic acid groups (broad SMARTS) is 1. The maximum atomic E-state index is 10.9. The van der Waals surface area contributed by atoms with Crippen molar-refractivity contribution in [3.63, 3.8) is 0 Å². The average Bonchev–Trinajstić information content (AvgIpc) is 2.75. The van der Waals surface area contributed by atoms with Gasteiger partial charge in [-0.05, 0) is 31.7 Å². The molecule has 1 atom stereocenters. The topological polar surface area (TPSA) is 59.0 Å². The van der Waals surface area contributed by atoms with Gasteiger partial charge in [0, 0.05) is 11.0 Å². The van der Waals surface area contributed by atoms with Crippen molar-refractivity contribution in [2.45, 2.75) is 19.5 Å². The fourth-order valence-electron chi connectivity index (χ4n) is 1.67. The molecule has 1 N–H and O–H groups in total. The first-order chi connectivity index (χ1) is 8.49. The summed E-state index contributed by atoms with van der Waals surface area (Å²) in [7, 11) is 1.77. The van der Waals surface area contributed by atoms with Crippen LogP contribution in [-0.4, -0.2) is 35.9 Å². The van der Waals surface area contributed by atoms with Gasteiger partial charge in [-0.2, -0.15) is 0 Å². The Balaban J connectivity index is 2.17. The number of benzene rings is 1. The first-order valence-corrected chi connectivity index (χ1v) is 6.29. The van der Waals surface area contributed by atoms with Gasteiger partial charge in [0.25, 0.3) is 0 Å². The molecule has 0 saturated heterocycles. The Morgan fingerprint density at radius 1 is 1.50 bits per heavy atom. The number of hydrogen-bond donors (Lipinski definition) is 1. The van der Waals surface area contributed by atoms with E-state index in [-0.39, 0.29) is 6.79 Å². The van der Waals surface area contributed by atoms with Crippen molar-refractivity contribution in [1.82, 2.24) is 4.90 Å². The minimum absolute atomic E-state index is 0.229. The van der Waals surface area contributed by atoms with Gasteiger partial charge in [0.2, 0.25) is 6.79 Å². The molecular formula is C12H14BrNO4. The molecule has 0 radical (unpaired) electrons. The maximum absolute atomic E-state index is 10.9. The van der Waals surface area contributed by atoms with Crippen molar-refractivity contribution in [3.8, 4) is 11.5 Å². The summed E-state index contributed by atoms with van der Waals surface area (Å²) in [4.78, 5) is 12.7. The predicted molar refractivity (Wildman–Crippen MR) is 68.8 cm³/mol. The molecule has 1 aliphatic heterocycles. The highest BCUT2D eigenvalue weighted by atomic mass is 79.9. The quantitative estimate of drug-likeness (QED) is 0.922. The Morgan fingerprint density at radius 2 is 2.11 bits per heavy atom. The first kappa shape index (κ1) is 13.2. The lowest BCUT2D eigenvalue weighted by Gasteiger charge is -2.21. The summed E-state index contributed by atoms with van der Waals surface area (Å²) in [5.41, 5.74) is 0.967. The number of rotatable bonds is 4. The summed E-state index contributed by atoms with van der Waals surface area (Å²) in [6, 6.07) is 3.18. The largest absolute Gasteiger partial charge is 0.480 e. The van der Waals surface area contributed by atoms with Gasteiger partial charge in [0.15, 0.2) is 11.5 Å². The van der Waals surface area contributed by atoms with Crippen LogP contribution in [0.5, 0.6) is 11.5 Å². The lowest BCUT2D eigenvalue weighted by atomic mass is 10.1. The minimum Gasteiger partial charge on any atom is -0.480 e. The van der Waals surface area contributed by atoms with Crippen LogP contribution in [0.3, 0.4) is 0 Å². The van der Waals surface area contributed by atoms with Gasteiger partial charge in [0.1, 0.15) is 6.04 Å². The van der Waals surface area contributed by atoms with E-state index in [4.69, 9.17) is 14.6 Å². The van der Waals surface area contributed by atoms with Crippen molar-refractivity contribution in [1.29, 1.82) is 0 Å². The monoisotopic (exact) mass is 315 g/mol. The van der Waals surface area contributed by atoms with Crippen LogP contribution in [0, 0.1) is 0 Å². The van der Waals surface area contributed by atoms with E-state index >= 15 is 0 Å². The number of nitrogens with zero attached hydrogens (tertiary/aromatic N) is 1. The Bertz CT molecular complexity index is 477. The molecule has 0 fully saturated rings. The third-order valence-corrected chi connectivity index (χ3v) is 3.72. The predicted octanol–water partition coefficient (Wildman–Crippen LogP) is 2.08. The van der Waals surface area contributed by atoms with Crippen LogP contribution in [0.2, 0.25) is 0 Å². The van der Waals surface area contributed by atoms with E-state index in [0.717, 1.165) is 10.0 Å². The van der Waals surface area contributed by atoms with Crippen molar-refractivity contribution < 1.29 is 19.4 Å². The van der Waals surface area contributed by atoms with E-state index in [1.165, 1.54) is 0 Å². The Hall–Kier alpha value is -1.27. The molecule has 0 spiro atoms. The van der Waals surface area contributed by atoms with Crippen molar-refractivity contribution >= 4 is 21.9 Å². The van der Waals surface area contributed by atoms with Crippen LogP contribution in [-0.2, 0) is 11.3 Å². The van der Waals surface area contributed by atoms with Gasteiger partial charge in [-0.3, -0.25) is 9.69 Å². The van der Waals surface area contributed by atoms with Gasteiger partial charge in [-0.15, -0.1) is 0 Å². The lowest BCUT2D eigenvalue weighted by molar-refractivity contribution is -0.142. The van der Waals surface area contributed by atoms with Crippen molar-refractivity contribution in [3.05, 3.63) is 22.2 Å². The molecule has 1 aliphatic rings. The van der Waals surface area contributed by atoms with E-state index < -0.39 is 12.0 Å². The molecule has 0 bridgehead atoms.